The Hall–Kier alpha value is -4.51. The average molecular weight is 489 g/mol. The monoisotopic (exact) mass is 488 g/mol. The Bertz CT molecular complexity index is 1360. The first-order valence-corrected chi connectivity index (χ1v) is 11.4. The number of nitro groups is 1. The maximum Gasteiger partial charge on any atom is 0.278 e. The molecule has 1 aromatic heterocycles. The number of aromatic nitrogens is 3. The molecule has 0 saturated carbocycles. The molecule has 0 radical (unpaired) electrons. The largest absolute Gasteiger partial charge is 0.497 e. The Morgan fingerprint density at radius 3 is 2.51 bits per heavy atom. The Morgan fingerprint density at radius 1 is 1.09 bits per heavy atom. The van der Waals surface area contributed by atoms with Crippen molar-refractivity contribution in [1.82, 2.24) is 20.2 Å². The highest BCUT2D eigenvalue weighted by Gasteiger charge is 2.17. The molecule has 3 aromatic carbocycles. The smallest absolute Gasteiger partial charge is 0.278 e. The van der Waals surface area contributed by atoms with E-state index in [0.29, 0.717) is 16.5 Å². The van der Waals surface area contributed by atoms with E-state index in [1.165, 1.54) is 24.0 Å². The zero-order valence-corrected chi connectivity index (χ0v) is 19.4. The summed E-state index contributed by atoms with van der Waals surface area (Å²) < 4.78 is 7.10. The lowest BCUT2D eigenvalue weighted by molar-refractivity contribution is -0.385. The Balaban J connectivity index is 1.50. The number of nitrogens with one attached hydrogen (secondary N) is 1. The summed E-state index contributed by atoms with van der Waals surface area (Å²) >= 11 is 1.20. The van der Waals surface area contributed by atoms with Crippen LogP contribution in [-0.2, 0) is 4.79 Å². The summed E-state index contributed by atoms with van der Waals surface area (Å²) in [5.74, 6) is 0.976. The van der Waals surface area contributed by atoms with Crippen molar-refractivity contribution in [3.63, 3.8) is 0 Å². The summed E-state index contributed by atoms with van der Waals surface area (Å²) in [5.41, 5.74) is 4.28. The summed E-state index contributed by atoms with van der Waals surface area (Å²) in [5, 5.41) is 24.1. The number of carbonyl (C=O) groups is 1. The first kappa shape index (κ1) is 23.6. The number of carbonyl (C=O) groups excluding carboxylic acids is 1. The molecular formula is C24H20N6O4S. The van der Waals surface area contributed by atoms with Crippen molar-refractivity contribution in [2.24, 2.45) is 5.10 Å². The van der Waals surface area contributed by atoms with Gasteiger partial charge in [-0.15, -0.1) is 10.2 Å². The number of para-hydroxylation sites is 2. The minimum absolute atomic E-state index is 0.0157. The highest BCUT2D eigenvalue weighted by molar-refractivity contribution is 7.99. The van der Waals surface area contributed by atoms with Gasteiger partial charge in [0, 0.05) is 17.3 Å². The van der Waals surface area contributed by atoms with Gasteiger partial charge in [0.25, 0.3) is 11.6 Å². The number of methoxy groups -OCH3 is 1. The van der Waals surface area contributed by atoms with E-state index in [4.69, 9.17) is 4.74 Å². The summed E-state index contributed by atoms with van der Waals surface area (Å²) in [6.45, 7) is 0. The van der Waals surface area contributed by atoms with Gasteiger partial charge in [0.05, 0.1) is 29.6 Å². The van der Waals surface area contributed by atoms with Gasteiger partial charge in [-0.2, -0.15) is 5.10 Å². The van der Waals surface area contributed by atoms with Crippen LogP contribution in [0.25, 0.3) is 17.1 Å². The van der Waals surface area contributed by atoms with Gasteiger partial charge in [-0.1, -0.05) is 42.1 Å². The Morgan fingerprint density at radius 2 is 1.80 bits per heavy atom. The molecule has 35 heavy (non-hydrogen) atoms. The second-order valence-electron chi connectivity index (χ2n) is 7.10. The molecule has 11 heteroatoms. The molecule has 0 bridgehead atoms. The van der Waals surface area contributed by atoms with Gasteiger partial charge < -0.3 is 4.74 Å². The van der Waals surface area contributed by atoms with E-state index < -0.39 is 10.8 Å². The summed E-state index contributed by atoms with van der Waals surface area (Å²) in [4.78, 5) is 23.0. The molecule has 0 unspecified atom stereocenters. The van der Waals surface area contributed by atoms with Crippen LogP contribution in [-0.4, -0.2) is 44.7 Å². The molecule has 0 aliphatic carbocycles. The Kier molecular flexibility index (Phi) is 7.48. The highest BCUT2D eigenvalue weighted by atomic mass is 32.2. The normalized spacial score (nSPS) is 10.9. The summed E-state index contributed by atoms with van der Waals surface area (Å²) in [6, 6.07) is 23.2. The van der Waals surface area contributed by atoms with E-state index in [1.54, 1.807) is 25.3 Å². The second-order valence-corrected chi connectivity index (χ2v) is 8.05. The molecule has 4 rings (SSSR count). The third-order valence-corrected chi connectivity index (χ3v) is 5.78. The first-order chi connectivity index (χ1) is 17.1. The van der Waals surface area contributed by atoms with Gasteiger partial charge in [0.2, 0.25) is 0 Å². The molecule has 1 heterocycles. The molecule has 0 aliphatic rings. The molecule has 176 valence electrons. The van der Waals surface area contributed by atoms with E-state index >= 15 is 0 Å². The Labute approximate surface area is 204 Å². The van der Waals surface area contributed by atoms with E-state index in [0.717, 1.165) is 17.0 Å². The minimum Gasteiger partial charge on any atom is -0.497 e. The minimum atomic E-state index is -0.504. The van der Waals surface area contributed by atoms with Gasteiger partial charge in [-0.05, 0) is 42.5 Å². The number of hydrazone groups is 1. The number of thioether (sulfide) groups is 1. The lowest BCUT2D eigenvalue weighted by Gasteiger charge is -2.10. The average Bonchev–Trinajstić information content (AvgIpc) is 3.32. The van der Waals surface area contributed by atoms with Gasteiger partial charge in [-0.3, -0.25) is 19.5 Å². The number of hydrogen-bond acceptors (Lipinski definition) is 8. The first-order valence-electron chi connectivity index (χ1n) is 10.4. The molecule has 0 aliphatic heterocycles. The van der Waals surface area contributed by atoms with Crippen molar-refractivity contribution in [3.8, 4) is 22.8 Å². The lowest BCUT2D eigenvalue weighted by atomic mass is 10.2. The van der Waals surface area contributed by atoms with E-state index in [-0.39, 0.29) is 11.4 Å². The maximum absolute atomic E-state index is 12.4. The van der Waals surface area contributed by atoms with Crippen molar-refractivity contribution < 1.29 is 14.5 Å². The van der Waals surface area contributed by atoms with Crippen LogP contribution in [0.2, 0.25) is 0 Å². The zero-order chi connectivity index (χ0) is 24.6. The van der Waals surface area contributed by atoms with E-state index in [1.807, 2.05) is 59.2 Å². The van der Waals surface area contributed by atoms with Crippen LogP contribution < -0.4 is 10.2 Å². The molecule has 1 N–H and O–H groups in total. The second kappa shape index (κ2) is 11.1. The fraction of sp³-hybridized carbons (Fsp3) is 0.0833. The van der Waals surface area contributed by atoms with Crippen LogP contribution >= 0.6 is 11.8 Å². The number of benzene rings is 3. The number of amides is 1. The van der Waals surface area contributed by atoms with Crippen molar-refractivity contribution >= 4 is 29.6 Å². The number of ether oxygens (including phenoxy) is 1. The van der Waals surface area contributed by atoms with Crippen molar-refractivity contribution in [1.29, 1.82) is 0 Å². The van der Waals surface area contributed by atoms with Gasteiger partial charge in [-0.25, -0.2) is 5.43 Å². The predicted molar refractivity (Wildman–Crippen MR) is 133 cm³/mol. The third kappa shape index (κ3) is 5.71. The van der Waals surface area contributed by atoms with Crippen LogP contribution in [0, 0.1) is 10.1 Å². The SMILES string of the molecule is COc1ccc(-c2nnc(SCC(=O)N/N=C\c3ccccc3[N+](=O)[O-])n2-c2ccccc2)cc1. The van der Waals surface area contributed by atoms with Crippen molar-refractivity contribution in [2.45, 2.75) is 5.16 Å². The van der Waals surface area contributed by atoms with Crippen LogP contribution in [0.4, 0.5) is 5.69 Å². The number of nitro benzene ring substituents is 1. The standard InChI is InChI=1S/C24H20N6O4S/c1-34-20-13-11-17(12-14-20)23-27-28-24(29(23)19-8-3-2-4-9-19)35-16-22(31)26-25-15-18-7-5-6-10-21(18)30(32)33/h2-15H,16H2,1H3,(H,26,31)/b25-15-. The maximum atomic E-state index is 12.4. The molecule has 1 amide bonds. The van der Waals surface area contributed by atoms with Gasteiger partial charge >= 0.3 is 0 Å². The highest BCUT2D eigenvalue weighted by Crippen LogP contribution is 2.29. The topological polar surface area (TPSA) is 125 Å². The number of hydrogen-bond donors (Lipinski definition) is 1. The zero-order valence-electron chi connectivity index (χ0n) is 18.6. The molecular weight excluding hydrogens is 468 g/mol. The molecule has 0 saturated heterocycles. The fourth-order valence-corrected chi connectivity index (χ4v) is 3.94. The van der Waals surface area contributed by atoms with E-state index in [9.17, 15) is 14.9 Å². The molecule has 10 nitrogen and oxygen atoms in total. The van der Waals surface area contributed by atoms with Crippen LogP contribution in [0.5, 0.6) is 5.75 Å². The van der Waals surface area contributed by atoms with Gasteiger partial charge in [0.15, 0.2) is 11.0 Å². The van der Waals surface area contributed by atoms with Crippen LogP contribution in [0.1, 0.15) is 5.56 Å². The molecule has 0 atom stereocenters. The van der Waals surface area contributed by atoms with Crippen LogP contribution in [0.3, 0.4) is 0 Å². The summed E-state index contributed by atoms with van der Waals surface area (Å²) in [6.07, 6.45) is 1.24. The lowest BCUT2D eigenvalue weighted by Crippen LogP contribution is -2.20. The molecule has 4 aromatic rings. The van der Waals surface area contributed by atoms with Gasteiger partial charge in [0.1, 0.15) is 5.75 Å². The quantitative estimate of drug-likeness (QED) is 0.163. The predicted octanol–water partition coefficient (Wildman–Crippen LogP) is 4.09. The number of rotatable bonds is 9. The fourth-order valence-electron chi connectivity index (χ4n) is 3.20. The number of nitrogens with zero attached hydrogens (tertiary/aromatic N) is 5. The van der Waals surface area contributed by atoms with Crippen molar-refractivity contribution in [3.05, 3.63) is 94.5 Å². The molecule has 0 spiro atoms. The van der Waals surface area contributed by atoms with Crippen LogP contribution in [0.15, 0.2) is 89.1 Å². The van der Waals surface area contributed by atoms with Crippen molar-refractivity contribution in [2.75, 3.05) is 12.9 Å². The van der Waals surface area contributed by atoms with E-state index in [2.05, 4.69) is 20.7 Å². The third-order valence-electron chi connectivity index (χ3n) is 4.85. The molecule has 0 fully saturated rings. The summed E-state index contributed by atoms with van der Waals surface area (Å²) in [7, 11) is 1.60.